The minimum Gasteiger partial charge on any atom is -0.391 e. The van der Waals surface area contributed by atoms with Crippen LogP contribution in [0.1, 0.15) is 18.8 Å². The van der Waals surface area contributed by atoms with Gasteiger partial charge in [-0.3, -0.25) is 0 Å². The van der Waals surface area contributed by atoms with E-state index in [0.29, 0.717) is 11.3 Å². The fourth-order valence-electron chi connectivity index (χ4n) is 1.71. The van der Waals surface area contributed by atoms with E-state index in [-0.39, 0.29) is 11.3 Å². The van der Waals surface area contributed by atoms with E-state index in [9.17, 15) is 9.50 Å². The zero-order valence-corrected chi connectivity index (χ0v) is 9.18. The summed E-state index contributed by atoms with van der Waals surface area (Å²) in [5, 5.41) is 9.42. The van der Waals surface area contributed by atoms with Gasteiger partial charge in [-0.25, -0.2) is 9.37 Å². The summed E-state index contributed by atoms with van der Waals surface area (Å²) in [6, 6.07) is 4.13. The van der Waals surface area contributed by atoms with Gasteiger partial charge in [0, 0.05) is 7.05 Å². The molecule has 16 heavy (non-hydrogen) atoms. The predicted molar refractivity (Wildman–Crippen MR) is 59.3 cm³/mol. The van der Waals surface area contributed by atoms with Crippen molar-refractivity contribution in [3.8, 4) is 0 Å². The van der Waals surface area contributed by atoms with E-state index in [4.69, 9.17) is 5.73 Å². The Morgan fingerprint density at radius 3 is 2.75 bits per heavy atom. The van der Waals surface area contributed by atoms with Crippen LogP contribution in [0.15, 0.2) is 18.2 Å². The van der Waals surface area contributed by atoms with Crippen LogP contribution in [-0.4, -0.2) is 20.8 Å². The first-order valence-corrected chi connectivity index (χ1v) is 5.07. The first kappa shape index (κ1) is 11.0. The lowest BCUT2D eigenvalue weighted by Crippen LogP contribution is -2.26. The first-order chi connectivity index (χ1) is 7.52. The highest BCUT2D eigenvalue weighted by Gasteiger charge is 2.20. The van der Waals surface area contributed by atoms with Crippen LogP contribution in [0.25, 0.3) is 11.0 Å². The van der Waals surface area contributed by atoms with Crippen molar-refractivity contribution in [2.24, 2.45) is 12.8 Å². The predicted octanol–water partition coefficient (Wildman–Crippen LogP) is 1.09. The molecule has 0 radical (unpaired) electrons. The van der Waals surface area contributed by atoms with Crippen molar-refractivity contribution in [2.75, 3.05) is 0 Å². The van der Waals surface area contributed by atoms with Gasteiger partial charge >= 0.3 is 0 Å². The van der Waals surface area contributed by atoms with E-state index < -0.39 is 12.1 Å². The molecule has 1 aromatic carbocycles. The Morgan fingerprint density at radius 1 is 1.50 bits per heavy atom. The normalized spacial score (nSPS) is 15.3. The summed E-state index contributed by atoms with van der Waals surface area (Å²) in [5.41, 5.74) is 6.76. The molecule has 0 spiro atoms. The molecule has 0 aliphatic rings. The lowest BCUT2D eigenvalue weighted by atomic mass is 10.2. The number of nitrogens with two attached hydrogens (primary N) is 1. The average molecular weight is 223 g/mol. The molecule has 2 rings (SSSR count). The van der Waals surface area contributed by atoms with Crippen LogP contribution in [0.3, 0.4) is 0 Å². The lowest BCUT2D eigenvalue weighted by Gasteiger charge is -2.13. The third-order valence-corrected chi connectivity index (χ3v) is 2.71. The molecule has 0 saturated heterocycles. The molecule has 1 heterocycles. The molecule has 86 valence electrons. The number of benzene rings is 1. The monoisotopic (exact) mass is 223 g/mol. The highest BCUT2D eigenvalue weighted by molar-refractivity contribution is 5.76. The van der Waals surface area contributed by atoms with Crippen LogP contribution in [-0.2, 0) is 7.05 Å². The Hall–Kier alpha value is -1.46. The minimum absolute atomic E-state index is 0.288. The fraction of sp³-hybridized carbons (Fsp3) is 0.364. The molecule has 0 amide bonds. The molecular weight excluding hydrogens is 209 g/mol. The zero-order chi connectivity index (χ0) is 11.9. The number of aryl methyl sites for hydroxylation is 1. The van der Waals surface area contributed by atoms with Crippen molar-refractivity contribution in [3.05, 3.63) is 29.8 Å². The summed E-state index contributed by atoms with van der Waals surface area (Å²) in [6.45, 7) is 1.58. The lowest BCUT2D eigenvalue weighted by molar-refractivity contribution is 0.159. The maximum Gasteiger partial charge on any atom is 0.151 e. The summed E-state index contributed by atoms with van der Waals surface area (Å²) in [5.74, 6) is 0.104. The van der Waals surface area contributed by atoms with E-state index in [2.05, 4.69) is 4.98 Å². The van der Waals surface area contributed by atoms with Gasteiger partial charge in [-0.1, -0.05) is 6.07 Å². The van der Waals surface area contributed by atoms with Gasteiger partial charge in [-0.05, 0) is 19.1 Å². The van der Waals surface area contributed by atoms with Crippen molar-refractivity contribution < 1.29 is 9.50 Å². The average Bonchev–Trinajstić information content (AvgIpc) is 2.57. The Kier molecular flexibility index (Phi) is 2.65. The second-order valence-corrected chi connectivity index (χ2v) is 3.90. The van der Waals surface area contributed by atoms with E-state index in [1.807, 2.05) is 0 Å². The number of halogens is 1. The largest absolute Gasteiger partial charge is 0.391 e. The van der Waals surface area contributed by atoms with Gasteiger partial charge in [-0.2, -0.15) is 0 Å². The van der Waals surface area contributed by atoms with Gasteiger partial charge in [0.05, 0.1) is 17.7 Å². The Balaban J connectivity index is 2.65. The number of hydrogen-bond acceptors (Lipinski definition) is 3. The van der Waals surface area contributed by atoms with Gasteiger partial charge in [-0.15, -0.1) is 0 Å². The molecule has 2 aromatic rings. The molecule has 5 heteroatoms. The molecule has 2 unspecified atom stereocenters. The van der Waals surface area contributed by atoms with Crippen molar-refractivity contribution in [3.63, 3.8) is 0 Å². The van der Waals surface area contributed by atoms with Crippen LogP contribution in [0.2, 0.25) is 0 Å². The summed E-state index contributed by atoms with van der Waals surface area (Å²) in [7, 11) is 1.76. The first-order valence-electron chi connectivity index (χ1n) is 5.07. The SMILES string of the molecule is CC(O)C(N)c1nc2c(F)cccc2n1C. The zero-order valence-electron chi connectivity index (χ0n) is 9.18. The number of fused-ring (bicyclic) bond motifs is 1. The number of nitrogens with zero attached hydrogens (tertiary/aromatic N) is 2. The van der Waals surface area contributed by atoms with Gasteiger partial charge in [0.25, 0.3) is 0 Å². The van der Waals surface area contributed by atoms with Crippen LogP contribution in [0.4, 0.5) is 4.39 Å². The number of rotatable bonds is 2. The molecule has 0 saturated carbocycles. The molecule has 4 nitrogen and oxygen atoms in total. The number of aromatic nitrogens is 2. The third kappa shape index (κ3) is 1.58. The number of hydrogen-bond donors (Lipinski definition) is 2. The summed E-state index contributed by atoms with van der Waals surface area (Å²) >= 11 is 0. The molecular formula is C11H14FN3O. The van der Waals surface area contributed by atoms with Crippen LogP contribution in [0, 0.1) is 5.82 Å². The third-order valence-electron chi connectivity index (χ3n) is 2.71. The number of aliphatic hydroxyl groups is 1. The maximum atomic E-state index is 13.5. The minimum atomic E-state index is -0.724. The second kappa shape index (κ2) is 3.84. The number of aliphatic hydroxyl groups excluding tert-OH is 1. The van der Waals surface area contributed by atoms with Gasteiger partial charge in [0.2, 0.25) is 0 Å². The Labute approximate surface area is 92.5 Å². The van der Waals surface area contributed by atoms with Gasteiger partial charge in [0.1, 0.15) is 11.3 Å². The smallest absolute Gasteiger partial charge is 0.151 e. The summed E-state index contributed by atoms with van der Waals surface area (Å²) in [4.78, 5) is 4.14. The molecule has 1 aromatic heterocycles. The standard InChI is InChI=1S/C11H14FN3O/c1-6(16)9(13)11-14-10-7(12)4-3-5-8(10)15(11)2/h3-6,9,16H,13H2,1-2H3. The summed E-state index contributed by atoms with van der Waals surface area (Å²) < 4.78 is 15.2. The maximum absolute atomic E-state index is 13.5. The van der Waals surface area contributed by atoms with Crippen LogP contribution < -0.4 is 5.73 Å². The second-order valence-electron chi connectivity index (χ2n) is 3.90. The number of imidazole rings is 1. The molecule has 0 aliphatic carbocycles. The van der Waals surface area contributed by atoms with E-state index >= 15 is 0 Å². The highest BCUT2D eigenvalue weighted by atomic mass is 19.1. The van der Waals surface area contributed by atoms with E-state index in [1.54, 1.807) is 30.7 Å². The van der Waals surface area contributed by atoms with Crippen LogP contribution in [0.5, 0.6) is 0 Å². The summed E-state index contributed by atoms with van der Waals surface area (Å²) in [6.07, 6.45) is -0.724. The molecule has 2 atom stereocenters. The number of para-hydroxylation sites is 1. The van der Waals surface area contributed by atoms with Crippen LogP contribution >= 0.6 is 0 Å². The highest BCUT2D eigenvalue weighted by Crippen LogP contribution is 2.22. The fourth-order valence-corrected chi connectivity index (χ4v) is 1.71. The van der Waals surface area contributed by atoms with Crippen molar-refractivity contribution in [1.82, 2.24) is 9.55 Å². The van der Waals surface area contributed by atoms with Gasteiger partial charge < -0.3 is 15.4 Å². The van der Waals surface area contributed by atoms with Crippen molar-refractivity contribution in [2.45, 2.75) is 19.1 Å². The molecule has 0 bridgehead atoms. The molecule has 3 N–H and O–H groups in total. The van der Waals surface area contributed by atoms with E-state index in [1.165, 1.54) is 6.07 Å². The Morgan fingerprint density at radius 2 is 2.19 bits per heavy atom. The topological polar surface area (TPSA) is 64.1 Å². The van der Waals surface area contributed by atoms with Gasteiger partial charge in [0.15, 0.2) is 5.82 Å². The molecule has 0 fully saturated rings. The molecule has 0 aliphatic heterocycles. The van der Waals surface area contributed by atoms with Crippen molar-refractivity contribution >= 4 is 11.0 Å². The Bertz CT molecular complexity index is 521. The van der Waals surface area contributed by atoms with E-state index in [0.717, 1.165) is 0 Å². The quantitative estimate of drug-likeness (QED) is 0.801. The van der Waals surface area contributed by atoms with Crippen molar-refractivity contribution in [1.29, 1.82) is 0 Å².